The molecular formula is C11H24F2N2O. The Morgan fingerprint density at radius 2 is 1.88 bits per heavy atom. The Morgan fingerprint density at radius 3 is 2.19 bits per heavy atom. The van der Waals surface area contributed by atoms with Crippen LogP contribution in [0.3, 0.4) is 0 Å². The van der Waals surface area contributed by atoms with E-state index in [1.807, 2.05) is 13.8 Å². The van der Waals surface area contributed by atoms with Crippen LogP contribution in [0.5, 0.6) is 0 Å². The molecule has 3 N–H and O–H groups in total. The highest BCUT2D eigenvalue weighted by atomic mass is 19.3. The molecule has 0 aromatic rings. The molecule has 0 aliphatic rings. The highest BCUT2D eigenvalue weighted by molar-refractivity contribution is 4.81. The van der Waals surface area contributed by atoms with Crippen LogP contribution in [0, 0.1) is 5.41 Å². The van der Waals surface area contributed by atoms with E-state index < -0.39 is 6.43 Å². The molecule has 0 rings (SSSR count). The van der Waals surface area contributed by atoms with E-state index in [0.717, 1.165) is 12.8 Å². The molecule has 0 saturated heterocycles. The van der Waals surface area contributed by atoms with Gasteiger partial charge in [0.15, 0.2) is 0 Å². The van der Waals surface area contributed by atoms with E-state index in [0.29, 0.717) is 13.1 Å². The molecule has 0 heterocycles. The second kappa shape index (κ2) is 7.92. The van der Waals surface area contributed by atoms with Crippen molar-refractivity contribution >= 4 is 0 Å². The summed E-state index contributed by atoms with van der Waals surface area (Å²) >= 11 is 0. The fourth-order valence-electron chi connectivity index (χ4n) is 1.87. The van der Waals surface area contributed by atoms with Crippen molar-refractivity contribution in [2.24, 2.45) is 11.1 Å². The maximum Gasteiger partial charge on any atom is 0.251 e. The van der Waals surface area contributed by atoms with Crippen LogP contribution in [0.15, 0.2) is 0 Å². The summed E-state index contributed by atoms with van der Waals surface area (Å²) in [6, 6.07) is 0. The first-order valence-corrected chi connectivity index (χ1v) is 5.85. The summed E-state index contributed by atoms with van der Waals surface area (Å²) < 4.78 is 24.7. The smallest absolute Gasteiger partial charge is 0.251 e. The molecule has 0 radical (unpaired) electrons. The molecule has 0 saturated carbocycles. The van der Waals surface area contributed by atoms with Crippen LogP contribution in [-0.2, 0) is 0 Å². The van der Waals surface area contributed by atoms with Crippen molar-refractivity contribution in [1.82, 2.24) is 4.90 Å². The summed E-state index contributed by atoms with van der Waals surface area (Å²) in [7, 11) is 0. The Balaban J connectivity index is 4.43. The van der Waals surface area contributed by atoms with Gasteiger partial charge in [-0.2, -0.15) is 0 Å². The number of hydrogen-bond acceptors (Lipinski definition) is 3. The summed E-state index contributed by atoms with van der Waals surface area (Å²) in [4.78, 5) is 1.60. The average molecular weight is 238 g/mol. The van der Waals surface area contributed by atoms with Crippen molar-refractivity contribution in [2.45, 2.75) is 33.1 Å². The zero-order valence-electron chi connectivity index (χ0n) is 10.3. The minimum Gasteiger partial charge on any atom is -0.395 e. The van der Waals surface area contributed by atoms with E-state index in [4.69, 9.17) is 10.8 Å². The Morgan fingerprint density at radius 1 is 1.31 bits per heavy atom. The number of nitrogens with zero attached hydrogens (tertiary/aromatic N) is 1. The van der Waals surface area contributed by atoms with E-state index in [1.165, 1.54) is 0 Å². The number of halogens is 2. The lowest BCUT2D eigenvalue weighted by atomic mass is 9.82. The molecule has 0 atom stereocenters. The molecule has 0 aliphatic carbocycles. The monoisotopic (exact) mass is 238 g/mol. The first-order chi connectivity index (χ1) is 7.53. The van der Waals surface area contributed by atoms with Crippen LogP contribution >= 0.6 is 0 Å². The predicted octanol–water partition coefficient (Wildman–Crippen LogP) is 1.31. The van der Waals surface area contributed by atoms with Crippen LogP contribution in [-0.4, -0.2) is 49.2 Å². The van der Waals surface area contributed by atoms with E-state index in [-0.39, 0.29) is 25.1 Å². The summed E-state index contributed by atoms with van der Waals surface area (Å²) in [6.07, 6.45) is -0.633. The van der Waals surface area contributed by atoms with E-state index in [1.54, 1.807) is 4.90 Å². The number of rotatable bonds is 9. The third-order valence-electron chi connectivity index (χ3n) is 3.30. The summed E-state index contributed by atoms with van der Waals surface area (Å²) in [6.45, 7) is 4.97. The standard InChI is InChI=1S/C11H24F2N2O/c1-3-11(4-2,8-14)9-15(5-6-16)7-10(12)13/h10,16H,3-9,14H2,1-2H3. The minimum absolute atomic E-state index is 0.0964. The Kier molecular flexibility index (Phi) is 7.80. The van der Waals surface area contributed by atoms with Gasteiger partial charge in [-0.15, -0.1) is 0 Å². The fourth-order valence-corrected chi connectivity index (χ4v) is 1.87. The Labute approximate surface area is 96.6 Å². The molecule has 0 amide bonds. The van der Waals surface area contributed by atoms with Gasteiger partial charge in [0.2, 0.25) is 0 Å². The van der Waals surface area contributed by atoms with Gasteiger partial charge >= 0.3 is 0 Å². The van der Waals surface area contributed by atoms with Gasteiger partial charge < -0.3 is 10.8 Å². The van der Waals surface area contributed by atoms with Crippen molar-refractivity contribution < 1.29 is 13.9 Å². The Hall–Kier alpha value is -0.260. The largest absolute Gasteiger partial charge is 0.395 e. The molecule has 0 aromatic heterocycles. The number of nitrogens with two attached hydrogens (primary N) is 1. The lowest BCUT2D eigenvalue weighted by Gasteiger charge is -2.36. The number of alkyl halides is 2. The van der Waals surface area contributed by atoms with E-state index >= 15 is 0 Å². The molecule has 0 aliphatic heterocycles. The molecule has 0 aromatic carbocycles. The number of hydrogen-bond donors (Lipinski definition) is 2. The molecule has 0 bridgehead atoms. The van der Waals surface area contributed by atoms with Gasteiger partial charge in [-0.05, 0) is 24.8 Å². The van der Waals surface area contributed by atoms with Crippen molar-refractivity contribution in [3.05, 3.63) is 0 Å². The third-order valence-corrected chi connectivity index (χ3v) is 3.30. The second-order valence-corrected chi connectivity index (χ2v) is 4.26. The van der Waals surface area contributed by atoms with Gasteiger partial charge in [0, 0.05) is 13.1 Å². The van der Waals surface area contributed by atoms with Gasteiger partial charge in [-0.3, -0.25) is 4.90 Å². The topological polar surface area (TPSA) is 49.5 Å². The predicted molar refractivity (Wildman–Crippen MR) is 61.6 cm³/mol. The molecule has 5 heteroatoms. The molecule has 0 fully saturated rings. The highest BCUT2D eigenvalue weighted by Crippen LogP contribution is 2.26. The highest BCUT2D eigenvalue weighted by Gasteiger charge is 2.28. The van der Waals surface area contributed by atoms with Gasteiger partial charge in [0.1, 0.15) is 0 Å². The number of aliphatic hydroxyl groups is 1. The van der Waals surface area contributed by atoms with Crippen molar-refractivity contribution in [2.75, 3.05) is 32.8 Å². The van der Waals surface area contributed by atoms with Crippen molar-refractivity contribution in [3.63, 3.8) is 0 Å². The SMILES string of the molecule is CCC(CC)(CN)CN(CCO)CC(F)F. The first-order valence-electron chi connectivity index (χ1n) is 5.85. The van der Waals surface area contributed by atoms with E-state index in [9.17, 15) is 8.78 Å². The molecule has 3 nitrogen and oxygen atoms in total. The van der Waals surface area contributed by atoms with Crippen LogP contribution in [0.4, 0.5) is 8.78 Å². The number of aliphatic hydroxyl groups excluding tert-OH is 1. The summed E-state index contributed by atoms with van der Waals surface area (Å²) in [5.41, 5.74) is 5.62. The Bertz CT molecular complexity index is 167. The zero-order valence-corrected chi connectivity index (χ0v) is 10.3. The molecular weight excluding hydrogens is 214 g/mol. The summed E-state index contributed by atoms with van der Waals surface area (Å²) in [5.74, 6) is 0. The summed E-state index contributed by atoms with van der Waals surface area (Å²) in [5, 5.41) is 8.85. The van der Waals surface area contributed by atoms with Crippen molar-refractivity contribution in [1.29, 1.82) is 0 Å². The molecule has 16 heavy (non-hydrogen) atoms. The van der Waals surface area contributed by atoms with Crippen LogP contribution < -0.4 is 5.73 Å². The quantitative estimate of drug-likeness (QED) is 0.637. The normalized spacial score (nSPS) is 12.8. The fraction of sp³-hybridized carbons (Fsp3) is 1.00. The maximum absolute atomic E-state index is 12.3. The van der Waals surface area contributed by atoms with Gasteiger partial charge in [0.05, 0.1) is 13.2 Å². The lowest BCUT2D eigenvalue weighted by molar-refractivity contribution is 0.0497. The zero-order chi connectivity index (χ0) is 12.6. The molecule has 98 valence electrons. The lowest BCUT2D eigenvalue weighted by Crippen LogP contribution is -2.44. The maximum atomic E-state index is 12.3. The first kappa shape index (κ1) is 15.7. The third kappa shape index (κ3) is 5.18. The van der Waals surface area contributed by atoms with Crippen LogP contribution in [0.1, 0.15) is 26.7 Å². The molecule has 0 unspecified atom stereocenters. The van der Waals surface area contributed by atoms with Gasteiger partial charge in [-0.1, -0.05) is 13.8 Å². The van der Waals surface area contributed by atoms with Gasteiger partial charge in [-0.25, -0.2) is 8.78 Å². The minimum atomic E-state index is -2.37. The molecule has 0 spiro atoms. The van der Waals surface area contributed by atoms with Crippen LogP contribution in [0.25, 0.3) is 0 Å². The van der Waals surface area contributed by atoms with E-state index in [2.05, 4.69) is 0 Å². The van der Waals surface area contributed by atoms with Crippen LogP contribution in [0.2, 0.25) is 0 Å². The second-order valence-electron chi connectivity index (χ2n) is 4.26. The van der Waals surface area contributed by atoms with Gasteiger partial charge in [0.25, 0.3) is 6.43 Å². The van der Waals surface area contributed by atoms with Crippen molar-refractivity contribution in [3.8, 4) is 0 Å². The average Bonchev–Trinajstić information content (AvgIpc) is 2.25.